The molecule has 3 heteroatoms. The summed E-state index contributed by atoms with van der Waals surface area (Å²) in [4.78, 5) is 0. The number of hydrogen-bond acceptors (Lipinski definition) is 3. The molecule has 0 spiro atoms. The minimum atomic E-state index is 0.426. The third kappa shape index (κ3) is 4.09. The Morgan fingerprint density at radius 2 is 2.30 bits per heavy atom. The van der Waals surface area contributed by atoms with Crippen molar-refractivity contribution < 1.29 is 9.47 Å². The van der Waals surface area contributed by atoms with Crippen LogP contribution in [0.1, 0.15) is 25.3 Å². The molecule has 1 aliphatic rings. The molecule has 0 amide bonds. The highest BCUT2D eigenvalue weighted by molar-refractivity contribution is 5.33. The third-order valence-electron chi connectivity index (χ3n) is 3.80. The fourth-order valence-corrected chi connectivity index (χ4v) is 2.71. The van der Waals surface area contributed by atoms with Gasteiger partial charge in [0.25, 0.3) is 0 Å². The number of nitrogens with one attached hydrogen (secondary N) is 1. The maximum atomic E-state index is 5.72. The first-order valence-corrected chi connectivity index (χ1v) is 7.49. The van der Waals surface area contributed by atoms with Crippen molar-refractivity contribution in [1.82, 2.24) is 5.32 Å². The van der Waals surface area contributed by atoms with Gasteiger partial charge in [0, 0.05) is 25.3 Å². The minimum Gasteiger partial charge on any atom is -0.489 e. The normalized spacial score (nSPS) is 21.9. The lowest BCUT2D eigenvalue weighted by atomic mass is 9.99. The summed E-state index contributed by atoms with van der Waals surface area (Å²) in [6.45, 7) is 9.17. The monoisotopic (exact) mass is 275 g/mol. The van der Waals surface area contributed by atoms with Gasteiger partial charge in [0.05, 0.1) is 6.10 Å². The van der Waals surface area contributed by atoms with E-state index in [1.54, 1.807) is 6.08 Å². The topological polar surface area (TPSA) is 30.5 Å². The summed E-state index contributed by atoms with van der Waals surface area (Å²) in [5.41, 5.74) is 1.20. The van der Waals surface area contributed by atoms with E-state index >= 15 is 0 Å². The largest absolute Gasteiger partial charge is 0.489 e. The Kier molecular flexibility index (Phi) is 6.09. The number of benzene rings is 1. The van der Waals surface area contributed by atoms with Crippen LogP contribution in [0.4, 0.5) is 0 Å². The summed E-state index contributed by atoms with van der Waals surface area (Å²) in [6.07, 6.45) is 4.46. The van der Waals surface area contributed by atoms with Crippen molar-refractivity contribution in [2.45, 2.75) is 32.4 Å². The molecule has 2 rings (SSSR count). The van der Waals surface area contributed by atoms with Crippen molar-refractivity contribution in [1.29, 1.82) is 0 Å². The van der Waals surface area contributed by atoms with E-state index in [2.05, 4.69) is 24.9 Å². The van der Waals surface area contributed by atoms with Gasteiger partial charge in [0.15, 0.2) is 0 Å². The van der Waals surface area contributed by atoms with Gasteiger partial charge in [-0.05, 0) is 24.8 Å². The lowest BCUT2D eigenvalue weighted by molar-refractivity contribution is 0.0872. The van der Waals surface area contributed by atoms with Crippen LogP contribution in [0.2, 0.25) is 0 Å². The van der Waals surface area contributed by atoms with Crippen molar-refractivity contribution in [3.63, 3.8) is 0 Å². The molecular weight excluding hydrogens is 250 g/mol. The third-order valence-corrected chi connectivity index (χ3v) is 3.80. The molecule has 110 valence electrons. The molecular formula is C17H25NO2. The summed E-state index contributed by atoms with van der Waals surface area (Å²) in [6, 6.07) is 8.16. The van der Waals surface area contributed by atoms with Gasteiger partial charge in [-0.2, -0.15) is 0 Å². The average molecular weight is 275 g/mol. The van der Waals surface area contributed by atoms with Crippen molar-refractivity contribution in [3.8, 4) is 5.75 Å². The van der Waals surface area contributed by atoms with Gasteiger partial charge in [0.2, 0.25) is 0 Å². The highest BCUT2D eigenvalue weighted by Crippen LogP contribution is 2.23. The Labute approximate surface area is 122 Å². The van der Waals surface area contributed by atoms with Crippen molar-refractivity contribution >= 4 is 0 Å². The zero-order chi connectivity index (χ0) is 14.2. The quantitative estimate of drug-likeness (QED) is 0.739. The molecule has 1 aromatic rings. The molecule has 0 bridgehead atoms. The first-order chi connectivity index (χ1) is 9.85. The second-order valence-corrected chi connectivity index (χ2v) is 5.20. The Morgan fingerprint density at radius 3 is 3.10 bits per heavy atom. The molecule has 1 heterocycles. The molecule has 0 radical (unpaired) electrons. The van der Waals surface area contributed by atoms with E-state index in [1.807, 2.05) is 18.2 Å². The van der Waals surface area contributed by atoms with Crippen molar-refractivity contribution in [3.05, 3.63) is 42.5 Å². The predicted octanol–water partition coefficient (Wildman–Crippen LogP) is 3.16. The molecule has 1 aromatic carbocycles. The van der Waals surface area contributed by atoms with Crippen LogP contribution in [0, 0.1) is 5.92 Å². The average Bonchev–Trinajstić information content (AvgIpc) is 2.94. The van der Waals surface area contributed by atoms with E-state index in [1.165, 1.54) is 12.0 Å². The van der Waals surface area contributed by atoms with Crippen LogP contribution in [0.3, 0.4) is 0 Å². The number of ether oxygens (including phenoxy) is 2. The second-order valence-electron chi connectivity index (χ2n) is 5.20. The standard InChI is InChI=1S/C17H25NO2/c1-3-10-19-17-8-6-5-7-14(17)12-18-13-15-9-11-20-16(15)4-2/h3,5-8,15-16,18H,1,4,9-13H2,2H3. The summed E-state index contributed by atoms with van der Waals surface area (Å²) >= 11 is 0. The first-order valence-electron chi connectivity index (χ1n) is 7.49. The summed E-state index contributed by atoms with van der Waals surface area (Å²) < 4.78 is 11.4. The van der Waals surface area contributed by atoms with Crippen LogP contribution >= 0.6 is 0 Å². The van der Waals surface area contributed by atoms with Crippen LogP contribution < -0.4 is 10.1 Å². The lowest BCUT2D eigenvalue weighted by Crippen LogP contribution is -2.28. The zero-order valence-electron chi connectivity index (χ0n) is 12.3. The molecule has 2 unspecified atom stereocenters. The SMILES string of the molecule is C=CCOc1ccccc1CNCC1CCOC1CC. The number of hydrogen-bond donors (Lipinski definition) is 1. The van der Waals surface area contributed by atoms with Crippen LogP contribution in [-0.4, -0.2) is 25.9 Å². The van der Waals surface area contributed by atoms with E-state index in [9.17, 15) is 0 Å². The summed E-state index contributed by atoms with van der Waals surface area (Å²) in [5.74, 6) is 1.58. The molecule has 0 saturated carbocycles. The molecule has 1 aliphatic heterocycles. The smallest absolute Gasteiger partial charge is 0.124 e. The highest BCUT2D eigenvalue weighted by atomic mass is 16.5. The van der Waals surface area contributed by atoms with Crippen LogP contribution in [0.5, 0.6) is 5.75 Å². The Balaban J connectivity index is 1.83. The molecule has 0 aromatic heterocycles. The van der Waals surface area contributed by atoms with Crippen LogP contribution in [0.25, 0.3) is 0 Å². The Bertz CT molecular complexity index is 419. The van der Waals surface area contributed by atoms with E-state index in [0.717, 1.165) is 31.9 Å². The Morgan fingerprint density at radius 1 is 1.45 bits per heavy atom. The predicted molar refractivity (Wildman–Crippen MR) is 82.0 cm³/mol. The molecule has 2 atom stereocenters. The van der Waals surface area contributed by atoms with E-state index < -0.39 is 0 Å². The van der Waals surface area contributed by atoms with E-state index in [-0.39, 0.29) is 0 Å². The Hall–Kier alpha value is -1.32. The van der Waals surface area contributed by atoms with E-state index in [0.29, 0.717) is 18.6 Å². The lowest BCUT2D eigenvalue weighted by Gasteiger charge is -2.18. The molecule has 0 aliphatic carbocycles. The summed E-state index contributed by atoms with van der Waals surface area (Å²) in [5, 5.41) is 3.54. The fraction of sp³-hybridized carbons (Fsp3) is 0.529. The van der Waals surface area contributed by atoms with Crippen molar-refractivity contribution in [2.75, 3.05) is 19.8 Å². The van der Waals surface area contributed by atoms with Gasteiger partial charge in [-0.15, -0.1) is 0 Å². The molecule has 20 heavy (non-hydrogen) atoms. The number of para-hydroxylation sites is 1. The second kappa shape index (κ2) is 8.08. The molecule has 1 saturated heterocycles. The highest BCUT2D eigenvalue weighted by Gasteiger charge is 2.25. The van der Waals surface area contributed by atoms with Gasteiger partial charge in [-0.3, -0.25) is 0 Å². The fourth-order valence-electron chi connectivity index (χ4n) is 2.71. The van der Waals surface area contributed by atoms with Crippen LogP contribution in [-0.2, 0) is 11.3 Å². The van der Waals surface area contributed by atoms with Crippen LogP contribution in [0.15, 0.2) is 36.9 Å². The first kappa shape index (κ1) is 15.1. The van der Waals surface area contributed by atoms with Crippen molar-refractivity contribution in [2.24, 2.45) is 5.92 Å². The summed E-state index contributed by atoms with van der Waals surface area (Å²) in [7, 11) is 0. The molecule has 3 nitrogen and oxygen atoms in total. The van der Waals surface area contributed by atoms with Gasteiger partial charge >= 0.3 is 0 Å². The van der Waals surface area contributed by atoms with Gasteiger partial charge < -0.3 is 14.8 Å². The molecule has 1 fully saturated rings. The maximum Gasteiger partial charge on any atom is 0.124 e. The van der Waals surface area contributed by atoms with E-state index in [4.69, 9.17) is 9.47 Å². The zero-order valence-corrected chi connectivity index (χ0v) is 12.3. The number of rotatable bonds is 8. The van der Waals surface area contributed by atoms with Gasteiger partial charge in [-0.25, -0.2) is 0 Å². The molecule has 1 N–H and O–H groups in total. The minimum absolute atomic E-state index is 0.426. The van der Waals surface area contributed by atoms with Gasteiger partial charge in [-0.1, -0.05) is 37.8 Å². The van der Waals surface area contributed by atoms with Gasteiger partial charge in [0.1, 0.15) is 12.4 Å². The maximum absolute atomic E-state index is 5.72.